The third-order valence-corrected chi connectivity index (χ3v) is 5.52. The first kappa shape index (κ1) is 20.7. The molecule has 6 heteroatoms. The molecule has 1 atom stereocenters. The Morgan fingerprint density at radius 1 is 1.03 bits per heavy atom. The fraction of sp³-hybridized carbons (Fsp3) is 0.240. The van der Waals surface area contributed by atoms with Gasteiger partial charge in [-0.25, -0.2) is 4.39 Å². The number of anilines is 1. The second-order valence-corrected chi connectivity index (χ2v) is 7.70. The van der Waals surface area contributed by atoms with Crippen molar-refractivity contribution in [1.29, 1.82) is 0 Å². The Bertz CT molecular complexity index is 1030. The molecule has 5 nitrogen and oxygen atoms in total. The molecular weight excluding hydrogens is 393 g/mol. The van der Waals surface area contributed by atoms with Crippen LogP contribution >= 0.6 is 0 Å². The van der Waals surface area contributed by atoms with Gasteiger partial charge in [0, 0.05) is 31.4 Å². The average Bonchev–Trinajstić information content (AvgIpc) is 3.19. The molecule has 1 fully saturated rings. The largest absolute Gasteiger partial charge is 0.336 e. The minimum absolute atomic E-state index is 0.0560. The summed E-state index contributed by atoms with van der Waals surface area (Å²) in [5.74, 6) is -0.965. The standard InChI is InChI=1S/C25H24FN3O2/c26-21-9-11-23(12-10-21)29-17-20(16-24(29)30)25(31)28(18-22-8-4-5-14-27-22)15-13-19-6-2-1-3-7-19/h1-12,14,20H,13,15-18H2/t20-/m0/s1. The minimum atomic E-state index is -0.433. The fourth-order valence-corrected chi connectivity index (χ4v) is 3.86. The van der Waals surface area contributed by atoms with Crippen LogP contribution in [0.3, 0.4) is 0 Å². The highest BCUT2D eigenvalue weighted by Crippen LogP contribution is 2.27. The molecule has 1 aromatic heterocycles. The van der Waals surface area contributed by atoms with Gasteiger partial charge in [0.15, 0.2) is 0 Å². The quantitative estimate of drug-likeness (QED) is 0.587. The van der Waals surface area contributed by atoms with Gasteiger partial charge in [0.1, 0.15) is 5.82 Å². The lowest BCUT2D eigenvalue weighted by Gasteiger charge is -2.25. The van der Waals surface area contributed by atoms with E-state index in [1.807, 2.05) is 48.5 Å². The maximum absolute atomic E-state index is 13.4. The minimum Gasteiger partial charge on any atom is -0.336 e. The number of halogens is 1. The fourth-order valence-electron chi connectivity index (χ4n) is 3.86. The molecular formula is C25H24FN3O2. The lowest BCUT2D eigenvalue weighted by molar-refractivity contribution is -0.136. The molecule has 0 unspecified atom stereocenters. The van der Waals surface area contributed by atoms with Crippen LogP contribution in [0, 0.1) is 11.7 Å². The van der Waals surface area contributed by atoms with Crippen molar-refractivity contribution in [2.75, 3.05) is 18.0 Å². The van der Waals surface area contributed by atoms with E-state index in [2.05, 4.69) is 4.98 Å². The highest BCUT2D eigenvalue weighted by molar-refractivity contribution is 6.00. The van der Waals surface area contributed by atoms with Crippen molar-refractivity contribution in [1.82, 2.24) is 9.88 Å². The number of aromatic nitrogens is 1. The smallest absolute Gasteiger partial charge is 0.228 e. The van der Waals surface area contributed by atoms with E-state index in [1.54, 1.807) is 28.1 Å². The van der Waals surface area contributed by atoms with Gasteiger partial charge in [-0.15, -0.1) is 0 Å². The molecule has 4 rings (SSSR count). The second kappa shape index (κ2) is 9.51. The summed E-state index contributed by atoms with van der Waals surface area (Å²) in [6.45, 7) is 1.24. The molecule has 0 N–H and O–H groups in total. The van der Waals surface area contributed by atoms with Crippen molar-refractivity contribution in [2.45, 2.75) is 19.4 Å². The Balaban J connectivity index is 1.49. The van der Waals surface area contributed by atoms with Crippen LogP contribution in [0.5, 0.6) is 0 Å². The van der Waals surface area contributed by atoms with Crippen molar-refractivity contribution < 1.29 is 14.0 Å². The molecule has 1 saturated heterocycles. The first-order valence-corrected chi connectivity index (χ1v) is 10.4. The van der Waals surface area contributed by atoms with E-state index in [4.69, 9.17) is 0 Å². The van der Waals surface area contributed by atoms with E-state index in [1.165, 1.54) is 12.1 Å². The average molecular weight is 417 g/mol. The van der Waals surface area contributed by atoms with Crippen molar-refractivity contribution in [3.63, 3.8) is 0 Å². The molecule has 31 heavy (non-hydrogen) atoms. The number of carbonyl (C=O) groups excluding carboxylic acids is 2. The molecule has 2 aromatic carbocycles. The van der Waals surface area contributed by atoms with Gasteiger partial charge in [-0.1, -0.05) is 36.4 Å². The number of nitrogens with zero attached hydrogens (tertiary/aromatic N) is 3. The van der Waals surface area contributed by atoms with Crippen LogP contribution in [0.1, 0.15) is 17.7 Å². The molecule has 0 bridgehead atoms. The second-order valence-electron chi connectivity index (χ2n) is 7.70. The Morgan fingerprint density at radius 2 is 1.77 bits per heavy atom. The predicted octanol–water partition coefficient (Wildman–Crippen LogP) is 3.85. The summed E-state index contributed by atoms with van der Waals surface area (Å²) in [6.07, 6.45) is 2.59. The van der Waals surface area contributed by atoms with Crippen LogP contribution in [0.25, 0.3) is 0 Å². The van der Waals surface area contributed by atoms with Crippen molar-refractivity contribution in [3.8, 4) is 0 Å². The van der Waals surface area contributed by atoms with E-state index in [0.29, 0.717) is 25.3 Å². The first-order valence-electron chi connectivity index (χ1n) is 10.4. The summed E-state index contributed by atoms with van der Waals surface area (Å²) < 4.78 is 13.2. The van der Waals surface area contributed by atoms with Gasteiger partial charge in [0.25, 0.3) is 0 Å². The van der Waals surface area contributed by atoms with Crippen LogP contribution < -0.4 is 4.90 Å². The summed E-state index contributed by atoms with van der Waals surface area (Å²) in [7, 11) is 0. The molecule has 0 spiro atoms. The summed E-state index contributed by atoms with van der Waals surface area (Å²) in [5.41, 5.74) is 2.57. The van der Waals surface area contributed by atoms with Gasteiger partial charge in [-0.3, -0.25) is 14.6 Å². The molecule has 3 aromatic rings. The van der Waals surface area contributed by atoms with Crippen LogP contribution in [0.4, 0.5) is 10.1 Å². The molecule has 0 aliphatic carbocycles. The van der Waals surface area contributed by atoms with Crippen LogP contribution in [-0.4, -0.2) is 34.8 Å². The zero-order valence-electron chi connectivity index (χ0n) is 17.2. The van der Waals surface area contributed by atoms with Gasteiger partial charge >= 0.3 is 0 Å². The highest BCUT2D eigenvalue weighted by atomic mass is 19.1. The summed E-state index contributed by atoms with van der Waals surface area (Å²) in [5, 5.41) is 0. The van der Waals surface area contributed by atoms with E-state index < -0.39 is 5.92 Å². The van der Waals surface area contributed by atoms with Gasteiger partial charge in [0.05, 0.1) is 18.2 Å². The van der Waals surface area contributed by atoms with E-state index >= 15 is 0 Å². The molecule has 2 heterocycles. The third kappa shape index (κ3) is 5.15. The van der Waals surface area contributed by atoms with E-state index in [0.717, 1.165) is 17.7 Å². The normalized spacial score (nSPS) is 15.8. The van der Waals surface area contributed by atoms with Crippen LogP contribution in [0.15, 0.2) is 79.0 Å². The van der Waals surface area contributed by atoms with Gasteiger partial charge in [-0.05, 0) is 48.4 Å². The molecule has 1 aliphatic rings. The Morgan fingerprint density at radius 3 is 2.48 bits per heavy atom. The lowest BCUT2D eigenvalue weighted by Crippen LogP contribution is -2.38. The van der Waals surface area contributed by atoms with Gasteiger partial charge < -0.3 is 9.80 Å². The molecule has 0 saturated carbocycles. The molecule has 0 radical (unpaired) electrons. The summed E-state index contributed by atoms with van der Waals surface area (Å²) in [4.78, 5) is 33.7. The number of amides is 2. The van der Waals surface area contributed by atoms with Crippen molar-refractivity contribution in [3.05, 3.63) is 96.1 Å². The van der Waals surface area contributed by atoms with E-state index in [9.17, 15) is 14.0 Å². The van der Waals surface area contributed by atoms with Crippen molar-refractivity contribution >= 4 is 17.5 Å². The highest BCUT2D eigenvalue weighted by Gasteiger charge is 2.37. The zero-order valence-corrected chi connectivity index (χ0v) is 17.2. The first-order chi connectivity index (χ1) is 15.1. The number of carbonyl (C=O) groups is 2. The molecule has 2 amide bonds. The Hall–Kier alpha value is -3.54. The predicted molar refractivity (Wildman–Crippen MR) is 117 cm³/mol. The van der Waals surface area contributed by atoms with Gasteiger partial charge in [-0.2, -0.15) is 0 Å². The number of pyridine rings is 1. The van der Waals surface area contributed by atoms with E-state index in [-0.39, 0.29) is 24.1 Å². The number of hydrogen-bond acceptors (Lipinski definition) is 3. The molecule has 1 aliphatic heterocycles. The SMILES string of the molecule is O=C([C@H]1CC(=O)N(c2ccc(F)cc2)C1)N(CCc1ccccc1)Cc1ccccn1. The maximum Gasteiger partial charge on any atom is 0.228 e. The maximum atomic E-state index is 13.4. The van der Waals surface area contributed by atoms with Crippen LogP contribution in [-0.2, 0) is 22.6 Å². The number of hydrogen-bond donors (Lipinski definition) is 0. The monoisotopic (exact) mass is 417 g/mol. The van der Waals surface area contributed by atoms with Crippen LogP contribution in [0.2, 0.25) is 0 Å². The summed E-state index contributed by atoms with van der Waals surface area (Å²) in [6, 6.07) is 21.4. The van der Waals surface area contributed by atoms with Gasteiger partial charge in [0.2, 0.25) is 11.8 Å². The third-order valence-electron chi connectivity index (χ3n) is 5.52. The van der Waals surface area contributed by atoms with Crippen molar-refractivity contribution in [2.24, 2.45) is 5.92 Å². The Labute approximate surface area is 181 Å². The zero-order chi connectivity index (χ0) is 21.6. The lowest BCUT2D eigenvalue weighted by atomic mass is 10.1. The Kier molecular flexibility index (Phi) is 6.36. The summed E-state index contributed by atoms with van der Waals surface area (Å²) >= 11 is 0. The molecule has 158 valence electrons. The number of rotatable bonds is 7. The topological polar surface area (TPSA) is 53.5 Å². The number of benzene rings is 2.